The number of rotatable bonds is 9. The zero-order valence-electron chi connectivity index (χ0n) is 22.9. The van der Waals surface area contributed by atoms with E-state index in [1.807, 2.05) is 0 Å². The number of fused-ring (bicyclic) bond motifs is 5. The maximum absolute atomic E-state index is 12.5. The average molecular weight is 505 g/mol. The summed E-state index contributed by atoms with van der Waals surface area (Å²) >= 11 is 0. The van der Waals surface area contributed by atoms with Gasteiger partial charge in [0, 0.05) is 19.5 Å². The zero-order chi connectivity index (χ0) is 26.1. The number of aliphatic imine (C=N–C) groups is 1. The van der Waals surface area contributed by atoms with Gasteiger partial charge in [0.05, 0.1) is 12.2 Å². The summed E-state index contributed by atoms with van der Waals surface area (Å²) in [6, 6.07) is 0. The summed E-state index contributed by atoms with van der Waals surface area (Å²) in [6.45, 7) is 8.42. The molecule has 0 aromatic heterocycles. The molecule has 0 aliphatic heterocycles. The molecular weight excluding hydrogens is 452 g/mol. The largest absolute Gasteiger partial charge is 0.393 e. The minimum Gasteiger partial charge on any atom is -0.393 e. The van der Waals surface area contributed by atoms with Crippen molar-refractivity contribution in [3.8, 4) is 0 Å². The molecule has 0 heterocycles. The number of carbonyl (C=O) groups is 1. The van der Waals surface area contributed by atoms with E-state index in [1.54, 1.807) is 0 Å². The smallest absolute Gasteiger partial charge is 0.220 e. The molecule has 0 saturated heterocycles. The van der Waals surface area contributed by atoms with Crippen LogP contribution < -0.4 is 16.8 Å². The monoisotopic (exact) mass is 504 g/mol. The molecule has 0 radical (unpaired) electrons. The van der Waals surface area contributed by atoms with E-state index in [9.17, 15) is 15.0 Å². The first-order chi connectivity index (χ1) is 17.1. The number of amides is 1. The van der Waals surface area contributed by atoms with Crippen molar-refractivity contribution < 1.29 is 15.0 Å². The van der Waals surface area contributed by atoms with Gasteiger partial charge < -0.3 is 27.0 Å². The SMILES string of the molecule is C[C@@H](CCC(=O)NCCCCN=C(N)N)[C@@H]1CC[C@@H]2[C@H]3CC[C@H]4C[C@@H](O)CC[C@@]4(C)[C@@H]3C[C@@H](O)[C@]21C. The number of nitrogens with zero attached hydrogens (tertiary/aromatic N) is 1. The van der Waals surface area contributed by atoms with Gasteiger partial charge in [-0.25, -0.2) is 0 Å². The minimum atomic E-state index is -0.264. The van der Waals surface area contributed by atoms with Crippen molar-refractivity contribution in [3.05, 3.63) is 0 Å². The Hall–Kier alpha value is -1.34. The maximum atomic E-state index is 12.5. The van der Waals surface area contributed by atoms with Crippen molar-refractivity contribution in [2.75, 3.05) is 13.1 Å². The predicted octanol–water partition coefficient (Wildman–Crippen LogP) is 3.56. The van der Waals surface area contributed by atoms with Gasteiger partial charge in [-0.3, -0.25) is 9.79 Å². The molecule has 0 aromatic rings. The highest BCUT2D eigenvalue weighted by Crippen LogP contribution is 2.68. The number of hydrogen-bond acceptors (Lipinski definition) is 4. The quantitative estimate of drug-likeness (QED) is 0.186. The van der Waals surface area contributed by atoms with Crippen LogP contribution in [0.2, 0.25) is 0 Å². The lowest BCUT2D eigenvalue weighted by Crippen LogP contribution is -2.58. The molecule has 7 nitrogen and oxygen atoms in total. The van der Waals surface area contributed by atoms with E-state index in [1.165, 1.54) is 25.7 Å². The van der Waals surface area contributed by atoms with Crippen molar-refractivity contribution in [1.82, 2.24) is 5.32 Å². The number of unbranched alkanes of at least 4 members (excludes halogenated alkanes) is 1. The van der Waals surface area contributed by atoms with E-state index in [4.69, 9.17) is 11.5 Å². The van der Waals surface area contributed by atoms with Crippen molar-refractivity contribution in [3.63, 3.8) is 0 Å². The van der Waals surface area contributed by atoms with Gasteiger partial charge in [-0.2, -0.15) is 0 Å². The van der Waals surface area contributed by atoms with Gasteiger partial charge in [-0.05, 0) is 117 Å². The molecule has 4 aliphatic rings. The number of nitrogens with one attached hydrogen (secondary N) is 1. The third-order valence-electron chi connectivity index (χ3n) is 11.5. The average Bonchev–Trinajstić information content (AvgIpc) is 3.19. The Morgan fingerprint density at radius 2 is 1.83 bits per heavy atom. The molecular formula is C29H52N4O3. The predicted molar refractivity (Wildman–Crippen MR) is 144 cm³/mol. The molecule has 36 heavy (non-hydrogen) atoms. The van der Waals surface area contributed by atoms with Crippen LogP contribution in [0.3, 0.4) is 0 Å². The van der Waals surface area contributed by atoms with Crippen LogP contribution in [0.25, 0.3) is 0 Å². The summed E-state index contributed by atoms with van der Waals surface area (Å²) in [4.78, 5) is 16.4. The molecule has 4 fully saturated rings. The minimum absolute atomic E-state index is 0.0419. The summed E-state index contributed by atoms with van der Waals surface area (Å²) in [6.07, 6.45) is 11.6. The van der Waals surface area contributed by atoms with E-state index in [0.717, 1.165) is 44.9 Å². The molecule has 1 amide bonds. The zero-order valence-corrected chi connectivity index (χ0v) is 22.9. The lowest BCUT2D eigenvalue weighted by Gasteiger charge is -2.62. The second-order valence-corrected chi connectivity index (χ2v) is 13.3. The Labute approximate surface area is 218 Å². The molecule has 10 atom stereocenters. The first kappa shape index (κ1) is 27.7. The second-order valence-electron chi connectivity index (χ2n) is 13.3. The molecule has 0 aromatic carbocycles. The van der Waals surface area contributed by atoms with E-state index >= 15 is 0 Å². The van der Waals surface area contributed by atoms with Gasteiger partial charge in [-0.1, -0.05) is 20.8 Å². The number of aliphatic hydroxyl groups is 2. The number of guanidine groups is 1. The molecule has 4 aliphatic carbocycles. The van der Waals surface area contributed by atoms with Crippen LogP contribution in [-0.2, 0) is 4.79 Å². The fourth-order valence-electron chi connectivity index (χ4n) is 9.48. The lowest BCUT2D eigenvalue weighted by atomic mass is 9.43. The van der Waals surface area contributed by atoms with Crippen LogP contribution >= 0.6 is 0 Å². The first-order valence-corrected chi connectivity index (χ1v) is 14.8. The van der Waals surface area contributed by atoms with E-state index in [-0.39, 0.29) is 34.9 Å². The number of hydrogen-bond donors (Lipinski definition) is 5. The lowest BCUT2D eigenvalue weighted by molar-refractivity contribution is -0.174. The Kier molecular flexibility index (Phi) is 8.60. The Morgan fingerprint density at radius 3 is 2.58 bits per heavy atom. The Bertz CT molecular complexity index is 801. The fourth-order valence-corrected chi connectivity index (χ4v) is 9.48. The summed E-state index contributed by atoms with van der Waals surface area (Å²) in [5, 5.41) is 25.0. The third kappa shape index (κ3) is 5.29. The highest BCUT2D eigenvalue weighted by Gasteiger charge is 2.63. The van der Waals surface area contributed by atoms with Crippen molar-refractivity contribution in [1.29, 1.82) is 0 Å². The van der Waals surface area contributed by atoms with Gasteiger partial charge in [-0.15, -0.1) is 0 Å². The maximum Gasteiger partial charge on any atom is 0.220 e. The van der Waals surface area contributed by atoms with Crippen molar-refractivity contribution in [2.24, 2.45) is 62.8 Å². The highest BCUT2D eigenvalue weighted by molar-refractivity contribution is 5.76. The molecule has 4 rings (SSSR count). The molecule has 4 saturated carbocycles. The topological polar surface area (TPSA) is 134 Å². The molecule has 0 spiro atoms. The van der Waals surface area contributed by atoms with Crippen molar-refractivity contribution in [2.45, 2.75) is 110 Å². The van der Waals surface area contributed by atoms with E-state index in [0.29, 0.717) is 55.0 Å². The van der Waals surface area contributed by atoms with Crippen LogP contribution in [0, 0.1) is 46.3 Å². The van der Waals surface area contributed by atoms with Crippen LogP contribution in [0.4, 0.5) is 0 Å². The first-order valence-electron chi connectivity index (χ1n) is 14.8. The van der Waals surface area contributed by atoms with Crippen LogP contribution in [-0.4, -0.2) is 47.4 Å². The summed E-state index contributed by atoms with van der Waals surface area (Å²) in [5.74, 6) is 3.63. The van der Waals surface area contributed by atoms with Crippen molar-refractivity contribution >= 4 is 11.9 Å². The third-order valence-corrected chi connectivity index (χ3v) is 11.5. The number of aliphatic hydroxyl groups excluding tert-OH is 2. The van der Waals surface area contributed by atoms with E-state index < -0.39 is 0 Å². The van der Waals surface area contributed by atoms with Crippen LogP contribution in [0.1, 0.15) is 97.8 Å². The summed E-state index contributed by atoms with van der Waals surface area (Å²) < 4.78 is 0. The summed E-state index contributed by atoms with van der Waals surface area (Å²) in [7, 11) is 0. The van der Waals surface area contributed by atoms with Gasteiger partial charge >= 0.3 is 0 Å². The fraction of sp³-hybridized carbons (Fsp3) is 0.931. The molecule has 0 unspecified atom stereocenters. The van der Waals surface area contributed by atoms with Gasteiger partial charge in [0.25, 0.3) is 0 Å². The standard InChI is InChI=1S/C29H52N4O3/c1-18(6-11-26(36)32-14-4-5-15-33-27(30)31)22-9-10-23-21-8-7-19-16-20(34)12-13-28(19,2)24(21)17-25(35)29(22,23)3/h18-25,34-35H,4-17H2,1-3H3,(H,32,36)(H4,30,31,33)/t18-,19-,20-,21+,22-,23+,24+,25+,28+,29-/m0/s1. The molecule has 0 bridgehead atoms. The highest BCUT2D eigenvalue weighted by atomic mass is 16.3. The molecule has 7 N–H and O–H groups in total. The molecule has 206 valence electrons. The second kappa shape index (κ2) is 11.2. The van der Waals surface area contributed by atoms with Gasteiger partial charge in [0.2, 0.25) is 5.91 Å². The normalized spacial score (nSPS) is 42.5. The van der Waals surface area contributed by atoms with E-state index in [2.05, 4.69) is 31.1 Å². The van der Waals surface area contributed by atoms with Gasteiger partial charge in [0.15, 0.2) is 5.96 Å². The number of carbonyl (C=O) groups excluding carboxylic acids is 1. The summed E-state index contributed by atoms with van der Waals surface area (Å²) in [5.41, 5.74) is 10.9. The van der Waals surface area contributed by atoms with Crippen LogP contribution in [0.5, 0.6) is 0 Å². The number of nitrogens with two attached hydrogens (primary N) is 2. The van der Waals surface area contributed by atoms with Crippen LogP contribution in [0.15, 0.2) is 4.99 Å². The Morgan fingerprint density at radius 1 is 1.06 bits per heavy atom. The Balaban J connectivity index is 1.31. The van der Waals surface area contributed by atoms with Gasteiger partial charge in [0.1, 0.15) is 0 Å². The molecule has 7 heteroatoms.